The number of aromatic nitrogens is 4. The number of benzene rings is 4. The fraction of sp³-hybridized carbons (Fsp3) is 0.236. The molecule has 340 valence electrons. The molecule has 6 aromatic rings. The standard InChI is InChI=1S/C28H31N3O3.C27H29N3O2/c1-21(8-4-9-22-18-29-20-30-19-22)31-28(32)15-7-14-27(23-10-5-12-25(16-23)33-2)24-11-6-13-26(17-24)34-3;1-21(8-6-9-22-18-28-20-29-19-22)30-27(31)13-7-12-26(23-10-4-3-5-11-23)24-14-16-25(32-2)17-15-24/h5-7,10-21H,4,8-9H2,1-3H3,(H,31,32);3-5,7,10-21H,6,8-9H2,1-2H3,(H,30,31)/b15-7+;13-7+,26-12+/t2*21-/m11/s1. The van der Waals surface area contributed by atoms with E-state index in [0.717, 1.165) is 100 Å². The molecule has 2 heterocycles. The van der Waals surface area contributed by atoms with E-state index in [2.05, 4.69) is 42.7 Å². The Morgan fingerprint density at radius 3 is 1.36 bits per heavy atom. The Morgan fingerprint density at radius 2 is 0.924 bits per heavy atom. The maximum atomic E-state index is 12.5. The number of hydrogen-bond acceptors (Lipinski definition) is 9. The molecule has 66 heavy (non-hydrogen) atoms. The van der Waals surface area contributed by atoms with Gasteiger partial charge in [0.05, 0.1) is 21.3 Å². The summed E-state index contributed by atoms with van der Waals surface area (Å²) in [5.74, 6) is 2.12. The van der Waals surface area contributed by atoms with Crippen LogP contribution in [0.25, 0.3) is 11.1 Å². The van der Waals surface area contributed by atoms with Crippen molar-refractivity contribution in [1.29, 1.82) is 0 Å². The minimum Gasteiger partial charge on any atom is -0.497 e. The molecule has 0 saturated heterocycles. The van der Waals surface area contributed by atoms with Crippen LogP contribution in [0.5, 0.6) is 17.2 Å². The molecule has 0 aliphatic heterocycles. The van der Waals surface area contributed by atoms with E-state index >= 15 is 0 Å². The average Bonchev–Trinajstić information content (AvgIpc) is 3.35. The molecule has 2 aromatic heterocycles. The Balaban J connectivity index is 0.000000248. The number of hydrogen-bond donors (Lipinski definition) is 2. The number of allylic oxidation sites excluding steroid dienone is 4. The highest BCUT2D eigenvalue weighted by molar-refractivity contribution is 5.90. The molecule has 11 nitrogen and oxygen atoms in total. The molecule has 11 heteroatoms. The molecule has 0 bridgehead atoms. The van der Waals surface area contributed by atoms with Crippen LogP contribution in [0.3, 0.4) is 0 Å². The lowest BCUT2D eigenvalue weighted by molar-refractivity contribution is -0.117. The molecular formula is C55H60N6O5. The van der Waals surface area contributed by atoms with Gasteiger partial charge in [-0.15, -0.1) is 0 Å². The van der Waals surface area contributed by atoms with E-state index in [4.69, 9.17) is 14.2 Å². The van der Waals surface area contributed by atoms with Gasteiger partial charge in [0.15, 0.2) is 0 Å². The van der Waals surface area contributed by atoms with Crippen molar-refractivity contribution in [2.75, 3.05) is 21.3 Å². The third kappa shape index (κ3) is 17.1. The molecule has 0 aliphatic rings. The topological polar surface area (TPSA) is 137 Å². The summed E-state index contributed by atoms with van der Waals surface area (Å²) in [7, 11) is 4.95. The molecule has 4 aromatic carbocycles. The van der Waals surface area contributed by atoms with Crippen molar-refractivity contribution in [3.05, 3.63) is 210 Å². The summed E-state index contributed by atoms with van der Waals surface area (Å²) in [5.41, 5.74) is 8.32. The van der Waals surface area contributed by atoms with E-state index in [9.17, 15) is 9.59 Å². The number of rotatable bonds is 21. The first kappa shape index (κ1) is 49.4. The van der Waals surface area contributed by atoms with Crippen LogP contribution in [-0.2, 0) is 22.4 Å². The predicted molar refractivity (Wildman–Crippen MR) is 263 cm³/mol. The Labute approximate surface area is 389 Å². The first-order chi connectivity index (χ1) is 32.2. The Hall–Kier alpha value is -7.66. The minimum absolute atomic E-state index is 0.0713. The van der Waals surface area contributed by atoms with Crippen LogP contribution in [0.1, 0.15) is 72.9 Å². The first-order valence-corrected chi connectivity index (χ1v) is 22.1. The zero-order valence-corrected chi connectivity index (χ0v) is 38.5. The summed E-state index contributed by atoms with van der Waals surface area (Å²) < 4.78 is 16.0. The average molecular weight is 885 g/mol. The lowest BCUT2D eigenvalue weighted by atomic mass is 9.97. The van der Waals surface area contributed by atoms with Crippen LogP contribution in [0.4, 0.5) is 0 Å². The van der Waals surface area contributed by atoms with Crippen LogP contribution in [-0.4, -0.2) is 65.2 Å². The van der Waals surface area contributed by atoms with Gasteiger partial charge in [0.1, 0.15) is 29.9 Å². The Bertz CT molecular complexity index is 2460. The van der Waals surface area contributed by atoms with E-state index < -0.39 is 0 Å². The van der Waals surface area contributed by atoms with Crippen molar-refractivity contribution in [3.8, 4) is 17.2 Å². The van der Waals surface area contributed by atoms with Gasteiger partial charge in [0.2, 0.25) is 11.8 Å². The number of carbonyl (C=O) groups is 2. The SMILES string of the molecule is COc1ccc(/C(=C/C=C/C(=O)N[C@H](C)CCCc2cncnc2)c2ccccc2)cc1.COc1cccc(C(=C/C=C/C(=O)N[C@H](C)CCCc2cncnc2)c2cccc(OC)c2)c1. The molecule has 2 amide bonds. The van der Waals surface area contributed by atoms with Crippen LogP contribution in [0, 0.1) is 0 Å². The number of aryl methyl sites for hydroxylation is 2. The van der Waals surface area contributed by atoms with Gasteiger partial charge < -0.3 is 24.8 Å². The highest BCUT2D eigenvalue weighted by Gasteiger charge is 2.10. The van der Waals surface area contributed by atoms with Gasteiger partial charge in [-0.25, -0.2) is 19.9 Å². The largest absolute Gasteiger partial charge is 0.497 e. The van der Waals surface area contributed by atoms with Crippen molar-refractivity contribution >= 4 is 23.0 Å². The quantitative estimate of drug-likeness (QED) is 0.0535. The van der Waals surface area contributed by atoms with E-state index in [-0.39, 0.29) is 23.9 Å². The molecule has 6 rings (SSSR count). The van der Waals surface area contributed by atoms with E-state index in [0.29, 0.717) is 0 Å². The van der Waals surface area contributed by atoms with Gasteiger partial charge >= 0.3 is 0 Å². The second-order valence-corrected chi connectivity index (χ2v) is 15.5. The number of ether oxygens (including phenoxy) is 3. The first-order valence-electron chi connectivity index (χ1n) is 22.1. The van der Waals surface area contributed by atoms with Gasteiger partial charge in [0.25, 0.3) is 0 Å². The van der Waals surface area contributed by atoms with Gasteiger partial charge in [-0.1, -0.05) is 91.0 Å². The van der Waals surface area contributed by atoms with Crippen LogP contribution < -0.4 is 24.8 Å². The lowest BCUT2D eigenvalue weighted by Crippen LogP contribution is -2.31. The Kier molecular flexibility index (Phi) is 20.6. The Morgan fingerprint density at radius 1 is 0.515 bits per heavy atom. The number of nitrogens with zero attached hydrogens (tertiary/aromatic N) is 4. The van der Waals surface area contributed by atoms with Gasteiger partial charge in [0, 0.05) is 49.0 Å². The van der Waals surface area contributed by atoms with Crippen molar-refractivity contribution in [2.24, 2.45) is 0 Å². The fourth-order valence-corrected chi connectivity index (χ4v) is 7.02. The second-order valence-electron chi connectivity index (χ2n) is 15.5. The summed E-state index contributed by atoms with van der Waals surface area (Å²) in [6, 6.07) is 33.9. The maximum Gasteiger partial charge on any atom is 0.244 e. The molecule has 0 aliphatic carbocycles. The molecule has 0 spiro atoms. The van der Waals surface area contributed by atoms with Crippen molar-refractivity contribution in [3.63, 3.8) is 0 Å². The molecule has 0 fully saturated rings. The van der Waals surface area contributed by atoms with Crippen molar-refractivity contribution in [1.82, 2.24) is 30.6 Å². The van der Waals surface area contributed by atoms with E-state index in [1.807, 2.05) is 142 Å². The number of carbonyl (C=O) groups excluding carboxylic acids is 2. The molecule has 2 N–H and O–H groups in total. The maximum absolute atomic E-state index is 12.5. The second kappa shape index (κ2) is 27.5. The molecule has 0 unspecified atom stereocenters. The van der Waals surface area contributed by atoms with Crippen LogP contribution in [0.15, 0.2) is 177 Å². The highest BCUT2D eigenvalue weighted by Crippen LogP contribution is 2.29. The van der Waals surface area contributed by atoms with Gasteiger partial charge in [-0.2, -0.15) is 0 Å². The van der Waals surface area contributed by atoms with Crippen LogP contribution >= 0.6 is 0 Å². The third-order valence-electron chi connectivity index (χ3n) is 10.5. The normalized spacial score (nSPS) is 12.0. The van der Waals surface area contributed by atoms with Crippen LogP contribution in [0.2, 0.25) is 0 Å². The van der Waals surface area contributed by atoms with Crippen molar-refractivity contribution in [2.45, 2.75) is 64.5 Å². The molecule has 0 saturated carbocycles. The summed E-state index contributed by atoms with van der Waals surface area (Å²) in [6.45, 7) is 4.04. The summed E-state index contributed by atoms with van der Waals surface area (Å²) >= 11 is 0. The third-order valence-corrected chi connectivity index (χ3v) is 10.5. The smallest absolute Gasteiger partial charge is 0.244 e. The summed E-state index contributed by atoms with van der Waals surface area (Å²) in [4.78, 5) is 40.9. The van der Waals surface area contributed by atoms with E-state index in [1.54, 1.807) is 45.6 Å². The molecule has 2 atom stereocenters. The summed E-state index contributed by atoms with van der Waals surface area (Å²) in [5, 5.41) is 6.06. The van der Waals surface area contributed by atoms with Crippen molar-refractivity contribution < 1.29 is 23.8 Å². The number of amides is 2. The fourth-order valence-electron chi connectivity index (χ4n) is 7.02. The number of nitrogens with one attached hydrogen (secondary N) is 2. The predicted octanol–water partition coefficient (Wildman–Crippen LogP) is 10.0. The summed E-state index contributed by atoms with van der Waals surface area (Å²) in [6.07, 6.45) is 26.5. The molecular weight excluding hydrogens is 825 g/mol. The monoisotopic (exact) mass is 884 g/mol. The zero-order valence-electron chi connectivity index (χ0n) is 38.5. The number of methoxy groups -OCH3 is 3. The minimum atomic E-state index is -0.123. The van der Waals surface area contributed by atoms with E-state index in [1.165, 1.54) is 12.7 Å². The van der Waals surface area contributed by atoms with Gasteiger partial charge in [-0.3, -0.25) is 9.59 Å². The van der Waals surface area contributed by atoms with Gasteiger partial charge in [-0.05, 0) is 133 Å². The zero-order chi connectivity index (χ0) is 46.8. The molecule has 0 radical (unpaired) electrons. The lowest BCUT2D eigenvalue weighted by Gasteiger charge is -2.12. The highest BCUT2D eigenvalue weighted by atomic mass is 16.5.